The number of carbonyl (C=O) groups is 1. The lowest BCUT2D eigenvalue weighted by atomic mass is 10.2. The Bertz CT molecular complexity index is 257. The Morgan fingerprint density at radius 2 is 1.25 bits per heavy atom. The van der Waals surface area contributed by atoms with Crippen molar-refractivity contribution in [2.45, 2.75) is 71.2 Å². The van der Waals surface area contributed by atoms with Crippen molar-refractivity contribution in [2.24, 2.45) is 17.8 Å². The lowest BCUT2D eigenvalue weighted by Crippen LogP contribution is -2.19. The molecule has 0 amide bonds. The van der Waals surface area contributed by atoms with Crippen molar-refractivity contribution in [1.29, 1.82) is 0 Å². The Kier molecular flexibility index (Phi) is 13.7. The second-order valence-corrected chi connectivity index (χ2v) is 10.2. The summed E-state index contributed by atoms with van der Waals surface area (Å²) in [5, 5.41) is 12.8. The minimum absolute atomic E-state index is 0.389. The molecule has 0 radical (unpaired) electrons. The first-order chi connectivity index (χ1) is 9.09. The van der Waals surface area contributed by atoms with Crippen molar-refractivity contribution < 1.29 is 9.90 Å². The molecule has 0 saturated heterocycles. The van der Waals surface area contributed by atoms with Gasteiger partial charge in [-0.15, -0.1) is 0 Å². The highest BCUT2D eigenvalue weighted by Crippen LogP contribution is 2.20. The molecule has 3 heteroatoms. The third kappa shape index (κ3) is 15.8. The van der Waals surface area contributed by atoms with Gasteiger partial charge in [0.1, 0.15) is 0 Å². The molecule has 1 N–H and O–H groups in total. The van der Waals surface area contributed by atoms with Gasteiger partial charge in [0.2, 0.25) is 0 Å². The van der Waals surface area contributed by atoms with Crippen molar-refractivity contribution >= 4 is 20.1 Å². The topological polar surface area (TPSA) is 37.3 Å². The molecule has 0 aromatic carbocycles. The first-order valence-electron chi connectivity index (χ1n) is 7.96. The van der Waals surface area contributed by atoms with Gasteiger partial charge in [0, 0.05) is 5.57 Å². The van der Waals surface area contributed by atoms with Crippen LogP contribution in [0.3, 0.4) is 0 Å². The Hall–Kier alpha value is -0.258. The number of carboxylic acid groups (broad SMARTS) is 1. The predicted molar refractivity (Wildman–Crippen MR) is 91.8 cm³/mol. The molecule has 0 aliphatic rings. The summed E-state index contributed by atoms with van der Waals surface area (Å²) in [5.41, 5.74) is 0.389. The summed E-state index contributed by atoms with van der Waals surface area (Å²) in [6.07, 6.45) is 1.56. The summed E-state index contributed by atoms with van der Waals surface area (Å²) in [4.78, 5) is 9.86. The Balaban J connectivity index is 0. The molecule has 0 saturated carbocycles. The average molecular weight is 298 g/mol. The maximum Gasteiger partial charge on any atom is 0.330 e. The zero-order chi connectivity index (χ0) is 16.3. The van der Waals surface area contributed by atoms with Crippen LogP contribution in [-0.4, -0.2) is 25.2 Å². The molecule has 118 valence electrons. The fourth-order valence-corrected chi connectivity index (χ4v) is 6.99. The van der Waals surface area contributed by atoms with E-state index in [0.717, 1.165) is 17.8 Å². The lowest BCUT2D eigenvalue weighted by Gasteiger charge is -2.17. The Morgan fingerprint density at radius 1 is 0.950 bits per heavy atom. The van der Waals surface area contributed by atoms with Crippen LogP contribution in [0.15, 0.2) is 11.6 Å². The van der Waals surface area contributed by atoms with Gasteiger partial charge in [-0.2, -0.15) is 0 Å². The van der Waals surface area contributed by atoms with E-state index in [2.05, 4.69) is 41.5 Å². The first kappa shape index (κ1) is 22.0. The van der Waals surface area contributed by atoms with Gasteiger partial charge < -0.3 is 5.11 Å². The summed E-state index contributed by atoms with van der Waals surface area (Å²) in [7, 11) is 0. The van der Waals surface area contributed by atoms with Gasteiger partial charge in [0.25, 0.3) is 14.1 Å². The molecule has 0 heterocycles. The van der Waals surface area contributed by atoms with Gasteiger partial charge in [-0.3, -0.25) is 0 Å². The van der Waals surface area contributed by atoms with Gasteiger partial charge in [-0.1, -0.05) is 81.2 Å². The summed E-state index contributed by atoms with van der Waals surface area (Å²) < 4.78 is 0. The molecule has 0 unspecified atom stereocenters. The van der Waals surface area contributed by atoms with Crippen LogP contribution in [0, 0.1) is 17.8 Å². The number of hydrogen-bond donors (Lipinski definition) is 1. The van der Waals surface area contributed by atoms with Gasteiger partial charge >= 0.3 is 5.97 Å². The molecular weight excluding hydrogens is 263 g/mol. The van der Waals surface area contributed by atoms with Crippen LogP contribution in [0.2, 0.25) is 15.8 Å². The fraction of sp³-hybridized carbons (Fsp3) is 0.824. The van der Waals surface area contributed by atoms with E-state index >= 15 is 0 Å². The monoisotopic (exact) mass is 298 g/mol. The minimum Gasteiger partial charge on any atom is -0.478 e. The van der Waals surface area contributed by atoms with Crippen LogP contribution >= 0.6 is 0 Å². The second-order valence-electron chi connectivity index (χ2n) is 7.03. The first-order valence-corrected chi connectivity index (χ1v) is 10.4. The highest BCUT2D eigenvalue weighted by atomic mass is 27.2. The smallest absolute Gasteiger partial charge is 0.330 e. The third-order valence-electron chi connectivity index (χ3n) is 3.18. The van der Waals surface area contributed by atoms with Crippen LogP contribution in [0.5, 0.6) is 0 Å². The number of carboxylic acids is 1. The minimum atomic E-state index is -0.845. The van der Waals surface area contributed by atoms with E-state index in [4.69, 9.17) is 5.11 Å². The molecular formula is C17H35AlO2. The standard InChI is InChI=1S/C5H8O2.3C4H9.Al/c1-3-4(2)5(6)7;3*1-4(2)3;/h3H,1-2H3,(H,6,7);3*4H,1H2,2-3H3;. The van der Waals surface area contributed by atoms with E-state index in [9.17, 15) is 4.79 Å². The van der Waals surface area contributed by atoms with E-state index in [0.29, 0.717) is 5.57 Å². The number of aliphatic carboxylic acids is 1. The van der Waals surface area contributed by atoms with Crippen molar-refractivity contribution in [3.8, 4) is 0 Å². The second kappa shape index (κ2) is 12.5. The maximum atomic E-state index is 9.86. The SMILES string of the molecule is CC(C)[CH2][Al]([CH2]C(C)C)[CH2]C(C)C.CC=C(C)C(=O)O. The molecule has 0 spiro atoms. The molecule has 0 aliphatic heterocycles. The molecule has 0 aromatic rings. The van der Waals surface area contributed by atoms with Crippen LogP contribution in [0.1, 0.15) is 55.4 Å². The quantitative estimate of drug-likeness (QED) is 0.498. The van der Waals surface area contributed by atoms with Crippen LogP contribution in [-0.2, 0) is 4.79 Å². The van der Waals surface area contributed by atoms with Crippen LogP contribution in [0.4, 0.5) is 0 Å². The van der Waals surface area contributed by atoms with Gasteiger partial charge in [0.15, 0.2) is 0 Å². The molecule has 20 heavy (non-hydrogen) atoms. The van der Waals surface area contributed by atoms with Crippen molar-refractivity contribution in [3.63, 3.8) is 0 Å². The molecule has 2 nitrogen and oxygen atoms in total. The Labute approximate surface area is 131 Å². The zero-order valence-corrected chi connectivity index (χ0v) is 16.0. The lowest BCUT2D eigenvalue weighted by molar-refractivity contribution is -0.132. The molecule has 0 fully saturated rings. The van der Waals surface area contributed by atoms with E-state index in [1.54, 1.807) is 35.8 Å². The summed E-state index contributed by atoms with van der Waals surface area (Å²) >= 11 is -0.407. The number of rotatable bonds is 7. The molecule has 0 atom stereocenters. The largest absolute Gasteiger partial charge is 0.478 e. The van der Waals surface area contributed by atoms with E-state index in [-0.39, 0.29) is 0 Å². The third-order valence-corrected chi connectivity index (χ3v) is 8.01. The van der Waals surface area contributed by atoms with Crippen molar-refractivity contribution in [2.75, 3.05) is 0 Å². The van der Waals surface area contributed by atoms with Crippen LogP contribution in [0.25, 0.3) is 0 Å². The summed E-state index contributed by atoms with van der Waals surface area (Å²) in [6.45, 7) is 17.5. The van der Waals surface area contributed by atoms with Crippen molar-refractivity contribution in [3.05, 3.63) is 11.6 Å². The van der Waals surface area contributed by atoms with E-state index in [1.165, 1.54) is 0 Å². The van der Waals surface area contributed by atoms with Gasteiger partial charge in [0.05, 0.1) is 0 Å². The highest BCUT2D eigenvalue weighted by Gasteiger charge is 2.20. The highest BCUT2D eigenvalue weighted by molar-refractivity contribution is 6.58. The zero-order valence-electron chi connectivity index (χ0n) is 14.9. The van der Waals surface area contributed by atoms with Crippen molar-refractivity contribution in [1.82, 2.24) is 0 Å². The predicted octanol–water partition coefficient (Wildman–Crippen LogP) is 5.49. The Morgan fingerprint density at radius 3 is 1.35 bits per heavy atom. The molecule has 0 aliphatic carbocycles. The molecule has 0 bridgehead atoms. The fourth-order valence-electron chi connectivity index (χ4n) is 2.41. The number of hydrogen-bond acceptors (Lipinski definition) is 1. The van der Waals surface area contributed by atoms with Gasteiger partial charge in [-0.05, 0) is 13.8 Å². The molecule has 0 rings (SSSR count). The van der Waals surface area contributed by atoms with Gasteiger partial charge in [-0.25, -0.2) is 4.79 Å². The maximum absolute atomic E-state index is 9.86. The van der Waals surface area contributed by atoms with Crippen LogP contribution < -0.4 is 0 Å². The average Bonchev–Trinajstić information content (AvgIpc) is 2.25. The summed E-state index contributed by atoms with van der Waals surface area (Å²) in [6, 6.07) is 0. The normalized spacial score (nSPS) is 11.7. The van der Waals surface area contributed by atoms with E-state index < -0.39 is 20.1 Å². The molecule has 0 aromatic heterocycles. The number of allylic oxidation sites excluding steroid dienone is 1. The van der Waals surface area contributed by atoms with E-state index in [1.807, 2.05) is 0 Å². The summed E-state index contributed by atoms with van der Waals surface area (Å²) in [5.74, 6) is 1.93.